The molecular formula is C11H16N2O4S. The Hall–Kier alpha value is -1.63. The summed E-state index contributed by atoms with van der Waals surface area (Å²) in [5.41, 5.74) is 0.278. The smallest absolute Gasteiger partial charge is 0.341 e. The van der Waals surface area contributed by atoms with Gasteiger partial charge in [-0.05, 0) is 19.1 Å². The van der Waals surface area contributed by atoms with E-state index in [1.54, 1.807) is 19.1 Å². The fourth-order valence-electron chi connectivity index (χ4n) is 1.52. The Balaban J connectivity index is 2.87. The van der Waals surface area contributed by atoms with E-state index in [0.29, 0.717) is 5.82 Å². The number of carbonyl (C=O) groups is 1. The number of carbonyl (C=O) groups excluding carboxylic acids is 1. The van der Waals surface area contributed by atoms with Gasteiger partial charge in [-0.15, -0.1) is 0 Å². The SMILES string of the molecule is COC(=O)c1cccnc1NC(C)CS(C)(=O)=O. The maximum absolute atomic E-state index is 11.5. The number of rotatable bonds is 5. The van der Waals surface area contributed by atoms with Crippen molar-refractivity contribution in [2.45, 2.75) is 13.0 Å². The standard InChI is InChI=1S/C11H16N2O4S/c1-8(7-18(3,15)16)13-10-9(11(14)17-2)5-4-6-12-10/h4-6,8H,7H2,1-3H3,(H,12,13). The highest BCUT2D eigenvalue weighted by molar-refractivity contribution is 7.90. The predicted octanol–water partition coefficient (Wildman–Crippen LogP) is 0.713. The summed E-state index contributed by atoms with van der Waals surface area (Å²) in [5, 5.41) is 2.89. The summed E-state index contributed by atoms with van der Waals surface area (Å²) >= 11 is 0. The summed E-state index contributed by atoms with van der Waals surface area (Å²) in [6.07, 6.45) is 2.67. The van der Waals surface area contributed by atoms with Gasteiger partial charge in [0.05, 0.1) is 12.9 Å². The van der Waals surface area contributed by atoms with Crippen LogP contribution in [0.4, 0.5) is 5.82 Å². The number of sulfone groups is 1. The number of ether oxygens (including phenoxy) is 1. The molecule has 0 saturated heterocycles. The molecule has 1 heterocycles. The molecule has 1 aromatic rings. The van der Waals surface area contributed by atoms with Crippen LogP contribution < -0.4 is 5.32 Å². The molecule has 0 bridgehead atoms. The van der Waals surface area contributed by atoms with Crippen LogP contribution in [0, 0.1) is 0 Å². The second-order valence-electron chi connectivity index (χ2n) is 4.03. The number of aromatic nitrogens is 1. The fourth-order valence-corrected chi connectivity index (χ4v) is 2.52. The van der Waals surface area contributed by atoms with Crippen molar-refractivity contribution < 1.29 is 17.9 Å². The molecule has 7 heteroatoms. The van der Waals surface area contributed by atoms with Crippen LogP contribution in [0.2, 0.25) is 0 Å². The maximum Gasteiger partial charge on any atom is 0.341 e. The molecule has 18 heavy (non-hydrogen) atoms. The van der Waals surface area contributed by atoms with Crippen molar-refractivity contribution in [3.63, 3.8) is 0 Å². The van der Waals surface area contributed by atoms with Gasteiger partial charge in [0.25, 0.3) is 0 Å². The van der Waals surface area contributed by atoms with Crippen molar-refractivity contribution in [2.75, 3.05) is 24.4 Å². The summed E-state index contributed by atoms with van der Waals surface area (Å²) in [5.74, 6) is -0.234. The molecule has 0 radical (unpaired) electrons. The Bertz CT molecular complexity index is 528. The Morgan fingerprint density at radius 3 is 2.78 bits per heavy atom. The average molecular weight is 272 g/mol. The zero-order valence-electron chi connectivity index (χ0n) is 10.5. The molecule has 0 aliphatic carbocycles. The van der Waals surface area contributed by atoms with Crippen LogP contribution in [0.3, 0.4) is 0 Å². The van der Waals surface area contributed by atoms with Gasteiger partial charge in [-0.3, -0.25) is 0 Å². The van der Waals surface area contributed by atoms with E-state index in [9.17, 15) is 13.2 Å². The molecule has 1 atom stereocenters. The number of nitrogens with one attached hydrogen (secondary N) is 1. The van der Waals surface area contributed by atoms with E-state index in [1.807, 2.05) is 0 Å². The molecule has 6 nitrogen and oxygen atoms in total. The first-order valence-electron chi connectivity index (χ1n) is 5.31. The van der Waals surface area contributed by atoms with Crippen molar-refractivity contribution in [3.8, 4) is 0 Å². The van der Waals surface area contributed by atoms with Gasteiger partial charge in [-0.1, -0.05) is 0 Å². The lowest BCUT2D eigenvalue weighted by molar-refractivity contribution is 0.0601. The minimum absolute atomic E-state index is 0.0375. The van der Waals surface area contributed by atoms with Gasteiger partial charge in [0.15, 0.2) is 0 Å². The average Bonchev–Trinajstić information content (AvgIpc) is 2.26. The van der Waals surface area contributed by atoms with Crippen LogP contribution >= 0.6 is 0 Å². The molecule has 0 aromatic carbocycles. The molecule has 0 fully saturated rings. The number of pyridine rings is 1. The van der Waals surface area contributed by atoms with Crippen LogP contribution in [-0.4, -0.2) is 44.5 Å². The zero-order valence-corrected chi connectivity index (χ0v) is 11.3. The lowest BCUT2D eigenvalue weighted by atomic mass is 10.2. The Labute approximate surface area is 106 Å². The van der Waals surface area contributed by atoms with Crippen LogP contribution in [0.5, 0.6) is 0 Å². The monoisotopic (exact) mass is 272 g/mol. The highest BCUT2D eigenvalue weighted by Crippen LogP contribution is 2.14. The van der Waals surface area contributed by atoms with E-state index in [2.05, 4.69) is 15.0 Å². The number of methoxy groups -OCH3 is 1. The van der Waals surface area contributed by atoms with Crippen LogP contribution in [0.1, 0.15) is 17.3 Å². The largest absolute Gasteiger partial charge is 0.465 e. The summed E-state index contributed by atoms with van der Waals surface area (Å²) in [7, 11) is -1.81. The predicted molar refractivity (Wildman–Crippen MR) is 68.4 cm³/mol. The van der Waals surface area contributed by atoms with Crippen molar-refractivity contribution in [2.24, 2.45) is 0 Å². The quantitative estimate of drug-likeness (QED) is 0.795. The summed E-state index contributed by atoms with van der Waals surface area (Å²) in [6, 6.07) is 2.82. The van der Waals surface area contributed by atoms with Crippen molar-refractivity contribution in [3.05, 3.63) is 23.9 Å². The van der Waals surface area contributed by atoms with E-state index in [1.165, 1.54) is 13.3 Å². The lowest BCUT2D eigenvalue weighted by Crippen LogP contribution is -2.26. The Kier molecular flexibility index (Phi) is 4.66. The first-order valence-corrected chi connectivity index (χ1v) is 7.37. The molecule has 1 aromatic heterocycles. The van der Waals surface area contributed by atoms with Gasteiger partial charge in [0.1, 0.15) is 21.2 Å². The molecule has 1 N–H and O–H groups in total. The van der Waals surface area contributed by atoms with Crippen molar-refractivity contribution in [1.29, 1.82) is 0 Å². The van der Waals surface area contributed by atoms with Gasteiger partial charge < -0.3 is 10.1 Å². The number of nitrogens with zero attached hydrogens (tertiary/aromatic N) is 1. The van der Waals surface area contributed by atoms with E-state index >= 15 is 0 Å². The summed E-state index contributed by atoms with van der Waals surface area (Å²) < 4.78 is 26.9. The third-order valence-corrected chi connectivity index (χ3v) is 3.25. The summed E-state index contributed by atoms with van der Waals surface area (Å²) in [4.78, 5) is 15.5. The molecule has 0 amide bonds. The first-order chi connectivity index (χ1) is 8.33. The highest BCUT2D eigenvalue weighted by atomic mass is 32.2. The number of hydrogen-bond donors (Lipinski definition) is 1. The molecule has 0 spiro atoms. The summed E-state index contributed by atoms with van der Waals surface area (Å²) in [6.45, 7) is 1.71. The third kappa shape index (κ3) is 4.33. The van der Waals surface area contributed by atoms with E-state index in [4.69, 9.17) is 0 Å². The zero-order chi connectivity index (χ0) is 13.8. The van der Waals surface area contributed by atoms with Gasteiger partial charge >= 0.3 is 5.97 Å². The first kappa shape index (κ1) is 14.4. The van der Waals surface area contributed by atoms with Crippen LogP contribution in [0.15, 0.2) is 18.3 Å². The number of hydrogen-bond acceptors (Lipinski definition) is 6. The molecular weight excluding hydrogens is 256 g/mol. The number of esters is 1. The van der Waals surface area contributed by atoms with Gasteiger partial charge in [0, 0.05) is 18.5 Å². The second kappa shape index (κ2) is 5.81. The van der Waals surface area contributed by atoms with E-state index in [-0.39, 0.29) is 17.4 Å². The van der Waals surface area contributed by atoms with Gasteiger partial charge in [-0.25, -0.2) is 18.2 Å². The highest BCUT2D eigenvalue weighted by Gasteiger charge is 2.16. The fraction of sp³-hybridized carbons (Fsp3) is 0.455. The third-order valence-electron chi connectivity index (χ3n) is 2.15. The minimum Gasteiger partial charge on any atom is -0.465 e. The number of anilines is 1. The van der Waals surface area contributed by atoms with Crippen molar-refractivity contribution >= 4 is 21.6 Å². The van der Waals surface area contributed by atoms with Crippen LogP contribution in [-0.2, 0) is 14.6 Å². The normalized spacial score (nSPS) is 12.8. The van der Waals surface area contributed by atoms with Crippen LogP contribution in [0.25, 0.3) is 0 Å². The molecule has 100 valence electrons. The Morgan fingerprint density at radius 2 is 2.22 bits per heavy atom. The molecule has 0 aliphatic rings. The maximum atomic E-state index is 11.5. The van der Waals surface area contributed by atoms with Gasteiger partial charge in [-0.2, -0.15) is 0 Å². The van der Waals surface area contributed by atoms with Crippen molar-refractivity contribution in [1.82, 2.24) is 4.98 Å². The minimum atomic E-state index is -3.09. The molecule has 0 saturated carbocycles. The lowest BCUT2D eigenvalue weighted by Gasteiger charge is -2.15. The second-order valence-corrected chi connectivity index (χ2v) is 6.21. The Morgan fingerprint density at radius 1 is 1.56 bits per heavy atom. The molecule has 1 rings (SSSR count). The molecule has 0 aliphatic heterocycles. The topological polar surface area (TPSA) is 85.4 Å². The van der Waals surface area contributed by atoms with Gasteiger partial charge in [0.2, 0.25) is 0 Å². The molecule has 1 unspecified atom stereocenters. The van der Waals surface area contributed by atoms with E-state index in [0.717, 1.165) is 6.26 Å². The van der Waals surface area contributed by atoms with E-state index < -0.39 is 15.8 Å².